The summed E-state index contributed by atoms with van der Waals surface area (Å²) < 4.78 is 0. The van der Waals surface area contributed by atoms with Gasteiger partial charge in [0, 0.05) is 18.0 Å². The number of benzene rings is 2. The van der Waals surface area contributed by atoms with E-state index in [2.05, 4.69) is 55.3 Å². The largest absolute Gasteiger partial charge is 0.326 e. The molecule has 0 aliphatic carbocycles. The number of amides is 1. The van der Waals surface area contributed by atoms with Crippen molar-refractivity contribution in [3.05, 3.63) is 71.8 Å². The molecule has 0 saturated carbocycles. The van der Waals surface area contributed by atoms with Gasteiger partial charge < -0.3 is 5.32 Å². The van der Waals surface area contributed by atoms with Gasteiger partial charge in [-0.2, -0.15) is 0 Å². The SMILES string of the molecule is C[Si](C)(C)c1ccc(C2C=C(c3ccccc3)NC(=O)C2)cc1. The number of carbonyl (C=O) groups excluding carboxylic acids is 1. The Morgan fingerprint density at radius 1 is 0.957 bits per heavy atom. The quantitative estimate of drug-likeness (QED) is 0.854. The fraction of sp³-hybridized carbons (Fsp3) is 0.250. The van der Waals surface area contributed by atoms with Crippen LogP contribution in [-0.4, -0.2) is 14.0 Å². The van der Waals surface area contributed by atoms with Crippen molar-refractivity contribution in [3.63, 3.8) is 0 Å². The molecule has 3 rings (SSSR count). The molecule has 1 unspecified atom stereocenters. The molecule has 0 spiro atoms. The maximum Gasteiger partial charge on any atom is 0.225 e. The normalized spacial score (nSPS) is 18.3. The standard InChI is InChI=1S/C20H23NOSi/c1-23(2,3)18-11-9-15(10-12-18)17-13-19(21-20(22)14-17)16-7-5-4-6-8-16/h4-13,17H,14H2,1-3H3,(H,21,22). The molecule has 2 aromatic rings. The lowest BCUT2D eigenvalue weighted by atomic mass is 9.90. The van der Waals surface area contributed by atoms with E-state index in [1.807, 2.05) is 30.3 Å². The van der Waals surface area contributed by atoms with Gasteiger partial charge in [0.25, 0.3) is 0 Å². The molecule has 23 heavy (non-hydrogen) atoms. The molecule has 3 heteroatoms. The molecule has 1 amide bonds. The predicted octanol–water partition coefficient (Wildman–Crippen LogP) is 3.88. The highest BCUT2D eigenvalue weighted by Gasteiger charge is 2.22. The van der Waals surface area contributed by atoms with Gasteiger partial charge in [0.15, 0.2) is 0 Å². The average molecular weight is 321 g/mol. The molecule has 118 valence electrons. The minimum absolute atomic E-state index is 0.0885. The summed E-state index contributed by atoms with van der Waals surface area (Å²) in [5, 5.41) is 4.45. The highest BCUT2D eigenvalue weighted by molar-refractivity contribution is 6.88. The van der Waals surface area contributed by atoms with Gasteiger partial charge >= 0.3 is 0 Å². The molecule has 2 nitrogen and oxygen atoms in total. The minimum atomic E-state index is -1.28. The summed E-state index contributed by atoms with van der Waals surface area (Å²) in [5.74, 6) is 0.236. The van der Waals surface area contributed by atoms with E-state index >= 15 is 0 Å². The molecule has 0 bridgehead atoms. The summed E-state index contributed by atoms with van der Waals surface area (Å²) in [6.07, 6.45) is 2.70. The Morgan fingerprint density at radius 3 is 2.22 bits per heavy atom. The molecule has 1 aliphatic heterocycles. The van der Waals surface area contributed by atoms with Crippen LogP contribution in [0.3, 0.4) is 0 Å². The van der Waals surface area contributed by atoms with E-state index in [1.165, 1.54) is 10.8 Å². The molecule has 1 atom stereocenters. The highest BCUT2D eigenvalue weighted by Crippen LogP contribution is 2.28. The summed E-state index contributed by atoms with van der Waals surface area (Å²) >= 11 is 0. The van der Waals surface area contributed by atoms with Crippen LogP contribution in [0.25, 0.3) is 5.70 Å². The van der Waals surface area contributed by atoms with Gasteiger partial charge in [-0.05, 0) is 11.1 Å². The molecule has 0 saturated heterocycles. The first-order valence-corrected chi connectivity index (χ1v) is 11.6. The zero-order valence-electron chi connectivity index (χ0n) is 14.0. The Morgan fingerprint density at radius 2 is 1.61 bits per heavy atom. The summed E-state index contributed by atoms with van der Waals surface area (Å²) in [5.41, 5.74) is 3.20. The monoisotopic (exact) mass is 321 g/mol. The van der Waals surface area contributed by atoms with Crippen molar-refractivity contribution in [2.24, 2.45) is 0 Å². The zero-order chi connectivity index (χ0) is 16.4. The summed E-state index contributed by atoms with van der Waals surface area (Å²) in [4.78, 5) is 12.1. The molecule has 0 aromatic heterocycles. The van der Waals surface area contributed by atoms with Gasteiger partial charge in [-0.15, -0.1) is 0 Å². The van der Waals surface area contributed by atoms with Gasteiger partial charge in [-0.25, -0.2) is 0 Å². The van der Waals surface area contributed by atoms with Crippen molar-refractivity contribution in [2.75, 3.05) is 0 Å². The van der Waals surface area contributed by atoms with E-state index in [-0.39, 0.29) is 11.8 Å². The fourth-order valence-corrected chi connectivity index (χ4v) is 4.10. The van der Waals surface area contributed by atoms with E-state index in [1.54, 1.807) is 0 Å². The Balaban J connectivity index is 1.91. The van der Waals surface area contributed by atoms with Gasteiger partial charge in [-0.1, -0.05) is 85.5 Å². The molecular formula is C20H23NOSi. The van der Waals surface area contributed by atoms with Crippen LogP contribution in [-0.2, 0) is 4.79 Å². The smallest absolute Gasteiger partial charge is 0.225 e. The summed E-state index contributed by atoms with van der Waals surface area (Å²) in [6.45, 7) is 7.05. The predicted molar refractivity (Wildman–Crippen MR) is 99.3 cm³/mol. The highest BCUT2D eigenvalue weighted by atomic mass is 28.3. The van der Waals surface area contributed by atoms with Crippen molar-refractivity contribution in [1.82, 2.24) is 5.32 Å². The minimum Gasteiger partial charge on any atom is -0.326 e. The lowest BCUT2D eigenvalue weighted by Gasteiger charge is -2.23. The summed E-state index contributed by atoms with van der Waals surface area (Å²) in [6, 6.07) is 18.9. The van der Waals surface area contributed by atoms with Crippen LogP contribution in [0.4, 0.5) is 0 Å². The van der Waals surface area contributed by atoms with E-state index in [0.717, 1.165) is 11.3 Å². The molecule has 1 N–H and O–H groups in total. The van der Waals surface area contributed by atoms with Crippen LogP contribution < -0.4 is 10.5 Å². The first kappa shape index (κ1) is 15.8. The number of nitrogens with one attached hydrogen (secondary N) is 1. The Labute approximate surface area is 139 Å². The maximum atomic E-state index is 12.1. The van der Waals surface area contributed by atoms with Gasteiger partial charge in [0.05, 0.1) is 8.07 Å². The van der Waals surface area contributed by atoms with Crippen molar-refractivity contribution in [2.45, 2.75) is 32.0 Å². The van der Waals surface area contributed by atoms with Crippen LogP contribution in [0.5, 0.6) is 0 Å². The Hall–Kier alpha value is -2.13. The van der Waals surface area contributed by atoms with Crippen LogP contribution in [0.15, 0.2) is 60.7 Å². The molecular weight excluding hydrogens is 298 g/mol. The van der Waals surface area contributed by atoms with E-state index in [0.29, 0.717) is 6.42 Å². The average Bonchev–Trinajstić information content (AvgIpc) is 2.54. The third kappa shape index (κ3) is 3.62. The lowest BCUT2D eigenvalue weighted by molar-refractivity contribution is -0.120. The van der Waals surface area contributed by atoms with E-state index in [9.17, 15) is 4.79 Å². The number of hydrogen-bond acceptors (Lipinski definition) is 1. The van der Waals surface area contributed by atoms with E-state index < -0.39 is 8.07 Å². The molecule has 1 heterocycles. The van der Waals surface area contributed by atoms with Gasteiger partial charge in [0.2, 0.25) is 5.91 Å². The number of carbonyl (C=O) groups is 1. The zero-order valence-corrected chi connectivity index (χ0v) is 15.0. The van der Waals surface area contributed by atoms with Gasteiger partial charge in [0.1, 0.15) is 0 Å². The first-order chi connectivity index (χ1) is 10.9. The summed E-state index contributed by atoms with van der Waals surface area (Å²) in [7, 11) is -1.28. The number of allylic oxidation sites excluding steroid dienone is 1. The molecule has 2 aromatic carbocycles. The van der Waals surface area contributed by atoms with Crippen LogP contribution in [0.2, 0.25) is 19.6 Å². The Kier molecular flexibility index (Phi) is 4.22. The van der Waals surface area contributed by atoms with Crippen LogP contribution >= 0.6 is 0 Å². The van der Waals surface area contributed by atoms with Gasteiger partial charge in [-0.3, -0.25) is 4.79 Å². The van der Waals surface area contributed by atoms with Crippen molar-refractivity contribution in [1.29, 1.82) is 0 Å². The topological polar surface area (TPSA) is 29.1 Å². The van der Waals surface area contributed by atoms with Crippen molar-refractivity contribution >= 4 is 24.9 Å². The third-order valence-corrected chi connectivity index (χ3v) is 6.40. The van der Waals surface area contributed by atoms with Crippen LogP contribution in [0, 0.1) is 0 Å². The third-order valence-electron chi connectivity index (χ3n) is 4.34. The lowest BCUT2D eigenvalue weighted by Crippen LogP contribution is -2.37. The Bertz CT molecular complexity index is 726. The maximum absolute atomic E-state index is 12.1. The molecule has 0 fully saturated rings. The van der Waals surface area contributed by atoms with Crippen LogP contribution in [0.1, 0.15) is 23.5 Å². The van der Waals surface area contributed by atoms with Crippen molar-refractivity contribution < 1.29 is 4.79 Å². The second-order valence-electron chi connectivity index (χ2n) is 7.18. The number of hydrogen-bond donors (Lipinski definition) is 1. The number of rotatable bonds is 3. The second-order valence-corrected chi connectivity index (χ2v) is 12.3. The first-order valence-electron chi connectivity index (χ1n) is 8.11. The second kappa shape index (κ2) is 6.17. The molecule has 0 radical (unpaired) electrons. The van der Waals surface area contributed by atoms with E-state index in [4.69, 9.17) is 0 Å². The fourth-order valence-electron chi connectivity index (χ4n) is 2.93. The van der Waals surface area contributed by atoms with Crippen molar-refractivity contribution in [3.8, 4) is 0 Å². The molecule has 1 aliphatic rings.